The molecule has 0 spiro atoms. The third-order valence-electron chi connectivity index (χ3n) is 2.33. The number of carbonyl (C=O) groups excluding carboxylic acids is 1. The van der Waals surface area contributed by atoms with Gasteiger partial charge < -0.3 is 5.32 Å². The van der Waals surface area contributed by atoms with Gasteiger partial charge in [0.2, 0.25) is 0 Å². The SMILES string of the molecule is O=C(NCc1ccc(Br)s1)c1ccc(F)c(F)c1F. The van der Waals surface area contributed by atoms with Crippen LogP contribution in [0, 0.1) is 17.5 Å². The summed E-state index contributed by atoms with van der Waals surface area (Å²) >= 11 is 4.68. The maximum Gasteiger partial charge on any atom is 0.254 e. The lowest BCUT2D eigenvalue weighted by atomic mass is 10.2. The van der Waals surface area contributed by atoms with Crippen molar-refractivity contribution >= 4 is 33.2 Å². The summed E-state index contributed by atoms with van der Waals surface area (Å²) in [6.45, 7) is 0.188. The van der Waals surface area contributed by atoms with Crippen LogP contribution in [-0.4, -0.2) is 5.91 Å². The molecule has 1 aromatic carbocycles. The van der Waals surface area contributed by atoms with Crippen LogP contribution in [0.25, 0.3) is 0 Å². The van der Waals surface area contributed by atoms with E-state index in [1.165, 1.54) is 11.3 Å². The number of hydrogen-bond donors (Lipinski definition) is 1. The van der Waals surface area contributed by atoms with E-state index in [-0.39, 0.29) is 6.54 Å². The molecule has 1 aromatic heterocycles. The highest BCUT2D eigenvalue weighted by molar-refractivity contribution is 9.11. The Morgan fingerprint density at radius 2 is 1.89 bits per heavy atom. The summed E-state index contributed by atoms with van der Waals surface area (Å²) in [5.74, 6) is -5.24. The summed E-state index contributed by atoms with van der Waals surface area (Å²) in [5.41, 5.74) is -0.519. The molecule has 1 amide bonds. The average Bonchev–Trinajstić information content (AvgIpc) is 2.79. The highest BCUT2D eigenvalue weighted by Gasteiger charge is 2.18. The fraction of sp³-hybridized carbons (Fsp3) is 0.0833. The number of benzene rings is 1. The zero-order valence-corrected chi connectivity index (χ0v) is 11.7. The monoisotopic (exact) mass is 349 g/mol. The van der Waals surface area contributed by atoms with E-state index in [4.69, 9.17) is 0 Å². The summed E-state index contributed by atoms with van der Waals surface area (Å²) in [4.78, 5) is 12.5. The summed E-state index contributed by atoms with van der Waals surface area (Å²) < 4.78 is 40.0. The molecule has 100 valence electrons. The maximum absolute atomic E-state index is 13.4. The highest BCUT2D eigenvalue weighted by Crippen LogP contribution is 2.22. The molecule has 0 radical (unpaired) electrons. The Bertz CT molecular complexity index is 629. The molecule has 0 saturated carbocycles. The van der Waals surface area contributed by atoms with Gasteiger partial charge in [0.1, 0.15) is 0 Å². The van der Waals surface area contributed by atoms with Gasteiger partial charge in [-0.3, -0.25) is 4.79 Å². The molecule has 0 atom stereocenters. The van der Waals surface area contributed by atoms with Crippen LogP contribution >= 0.6 is 27.3 Å². The first kappa shape index (κ1) is 14.1. The van der Waals surface area contributed by atoms with Crippen LogP contribution in [0.4, 0.5) is 13.2 Å². The van der Waals surface area contributed by atoms with Gasteiger partial charge in [-0.1, -0.05) is 0 Å². The van der Waals surface area contributed by atoms with Gasteiger partial charge in [-0.25, -0.2) is 13.2 Å². The molecule has 7 heteroatoms. The van der Waals surface area contributed by atoms with Crippen molar-refractivity contribution in [1.29, 1.82) is 0 Å². The Balaban J connectivity index is 2.10. The lowest BCUT2D eigenvalue weighted by Crippen LogP contribution is -2.24. The van der Waals surface area contributed by atoms with Gasteiger partial charge in [-0.2, -0.15) is 0 Å². The van der Waals surface area contributed by atoms with Crippen LogP contribution in [0.5, 0.6) is 0 Å². The molecule has 2 nitrogen and oxygen atoms in total. The van der Waals surface area contributed by atoms with Crippen molar-refractivity contribution in [2.75, 3.05) is 0 Å². The summed E-state index contributed by atoms with van der Waals surface area (Å²) in [6, 6.07) is 5.23. The number of amides is 1. The van der Waals surface area contributed by atoms with Gasteiger partial charge in [-0.05, 0) is 40.2 Å². The molecule has 19 heavy (non-hydrogen) atoms. The van der Waals surface area contributed by atoms with Gasteiger partial charge in [0, 0.05) is 4.88 Å². The van der Waals surface area contributed by atoms with Crippen LogP contribution in [0.15, 0.2) is 28.1 Å². The molecular weight excluding hydrogens is 343 g/mol. The van der Waals surface area contributed by atoms with E-state index < -0.39 is 28.9 Å². The van der Waals surface area contributed by atoms with Crippen molar-refractivity contribution in [1.82, 2.24) is 5.32 Å². The Morgan fingerprint density at radius 1 is 1.16 bits per heavy atom. The van der Waals surface area contributed by atoms with E-state index in [9.17, 15) is 18.0 Å². The molecule has 0 bridgehead atoms. The molecule has 1 N–H and O–H groups in total. The van der Waals surface area contributed by atoms with E-state index in [0.29, 0.717) is 0 Å². The first-order valence-electron chi connectivity index (χ1n) is 5.15. The summed E-state index contributed by atoms with van der Waals surface area (Å²) in [6.07, 6.45) is 0. The topological polar surface area (TPSA) is 29.1 Å². The standard InChI is InChI=1S/C12H7BrF3NOS/c13-9-4-1-6(19-9)5-17-12(18)7-2-3-8(14)11(16)10(7)15/h1-4H,5H2,(H,17,18). The number of halogens is 4. The minimum atomic E-state index is -1.65. The van der Waals surface area contributed by atoms with Gasteiger partial charge in [0.25, 0.3) is 5.91 Å². The van der Waals surface area contributed by atoms with Crippen molar-refractivity contribution < 1.29 is 18.0 Å². The second-order valence-corrected chi connectivity index (χ2v) is 6.16. The van der Waals surface area contributed by atoms with Crippen LogP contribution in [0.1, 0.15) is 15.2 Å². The van der Waals surface area contributed by atoms with Crippen molar-refractivity contribution in [3.63, 3.8) is 0 Å². The van der Waals surface area contributed by atoms with E-state index >= 15 is 0 Å². The van der Waals surface area contributed by atoms with Gasteiger partial charge in [0.05, 0.1) is 15.9 Å². The largest absolute Gasteiger partial charge is 0.347 e. The van der Waals surface area contributed by atoms with Crippen LogP contribution in [0.2, 0.25) is 0 Å². The van der Waals surface area contributed by atoms with Crippen LogP contribution < -0.4 is 5.32 Å². The molecule has 2 rings (SSSR count). The lowest BCUT2D eigenvalue weighted by Gasteiger charge is -2.05. The number of nitrogens with one attached hydrogen (secondary N) is 1. The zero-order chi connectivity index (χ0) is 14.0. The Morgan fingerprint density at radius 3 is 2.53 bits per heavy atom. The minimum Gasteiger partial charge on any atom is -0.347 e. The number of hydrogen-bond acceptors (Lipinski definition) is 2. The third-order valence-corrected chi connectivity index (χ3v) is 3.96. The van der Waals surface area contributed by atoms with Gasteiger partial charge >= 0.3 is 0 Å². The van der Waals surface area contributed by atoms with E-state index in [1.54, 1.807) is 6.07 Å². The second kappa shape index (κ2) is 5.75. The third kappa shape index (κ3) is 3.16. The predicted molar refractivity (Wildman–Crippen MR) is 69.5 cm³/mol. The van der Waals surface area contributed by atoms with Crippen LogP contribution in [0.3, 0.4) is 0 Å². The fourth-order valence-electron chi connectivity index (χ4n) is 1.41. The number of rotatable bonds is 3. The predicted octanol–water partition coefficient (Wildman–Crippen LogP) is 3.86. The van der Waals surface area contributed by atoms with Gasteiger partial charge in [0.15, 0.2) is 17.5 Å². The first-order valence-corrected chi connectivity index (χ1v) is 6.76. The normalized spacial score (nSPS) is 10.5. The lowest BCUT2D eigenvalue weighted by molar-refractivity contribution is 0.0946. The molecular formula is C12H7BrF3NOS. The van der Waals surface area contributed by atoms with Crippen molar-refractivity contribution in [3.8, 4) is 0 Å². The molecule has 1 heterocycles. The van der Waals surface area contributed by atoms with Crippen molar-refractivity contribution in [3.05, 3.63) is 55.9 Å². The summed E-state index contributed by atoms with van der Waals surface area (Å²) in [7, 11) is 0. The number of carbonyl (C=O) groups is 1. The molecule has 0 aliphatic carbocycles. The summed E-state index contributed by atoms with van der Waals surface area (Å²) in [5, 5.41) is 2.44. The zero-order valence-electron chi connectivity index (χ0n) is 9.34. The quantitative estimate of drug-likeness (QED) is 0.837. The first-order chi connectivity index (χ1) is 8.99. The van der Waals surface area contributed by atoms with E-state index in [0.717, 1.165) is 20.8 Å². The number of thiophene rings is 1. The fourth-order valence-corrected chi connectivity index (χ4v) is 2.83. The molecule has 0 saturated heterocycles. The van der Waals surface area contributed by atoms with Crippen molar-refractivity contribution in [2.45, 2.75) is 6.54 Å². The Hall–Kier alpha value is -1.34. The average molecular weight is 350 g/mol. The smallest absolute Gasteiger partial charge is 0.254 e. The molecule has 2 aromatic rings. The van der Waals surface area contributed by atoms with E-state index in [2.05, 4.69) is 21.2 Å². The van der Waals surface area contributed by atoms with Gasteiger partial charge in [-0.15, -0.1) is 11.3 Å². The maximum atomic E-state index is 13.4. The highest BCUT2D eigenvalue weighted by atomic mass is 79.9. The van der Waals surface area contributed by atoms with Crippen molar-refractivity contribution in [2.24, 2.45) is 0 Å². The molecule has 0 fully saturated rings. The molecule has 0 unspecified atom stereocenters. The Kier molecular flexibility index (Phi) is 4.26. The second-order valence-electron chi connectivity index (χ2n) is 3.61. The Labute approximate surface area is 119 Å². The molecule has 0 aliphatic rings. The van der Waals surface area contributed by atoms with E-state index in [1.807, 2.05) is 6.07 Å². The van der Waals surface area contributed by atoms with Crippen LogP contribution in [-0.2, 0) is 6.54 Å². The minimum absolute atomic E-state index is 0.188. The molecule has 0 aliphatic heterocycles.